The molecule has 2 aromatic carbocycles. The van der Waals surface area contributed by atoms with E-state index in [9.17, 15) is 9.59 Å². The van der Waals surface area contributed by atoms with Crippen LogP contribution in [-0.2, 0) is 9.53 Å². The van der Waals surface area contributed by atoms with Gasteiger partial charge in [0.2, 0.25) is 0 Å². The zero-order chi connectivity index (χ0) is 20.8. The highest BCUT2D eigenvalue weighted by atomic mass is 16.5. The number of hydrogen-bond acceptors (Lipinski definition) is 4. The normalized spacial score (nSPS) is 11.9. The molecule has 1 atom stereocenters. The summed E-state index contributed by atoms with van der Waals surface area (Å²) in [5.41, 5.74) is 2.54. The fourth-order valence-corrected chi connectivity index (χ4v) is 2.71. The van der Waals surface area contributed by atoms with Crippen LogP contribution in [0.2, 0.25) is 0 Å². The molecule has 0 spiro atoms. The van der Waals surface area contributed by atoms with Gasteiger partial charge >= 0.3 is 5.97 Å². The van der Waals surface area contributed by atoms with Gasteiger partial charge in [0, 0.05) is 11.6 Å². The Balaban J connectivity index is 1.82. The molecule has 6 heteroatoms. The van der Waals surface area contributed by atoms with Crippen LogP contribution < -0.4 is 5.32 Å². The van der Waals surface area contributed by atoms with Gasteiger partial charge in [0.05, 0.1) is 11.4 Å². The molecule has 150 valence electrons. The number of para-hydroxylation sites is 1. The molecule has 1 N–H and O–H groups in total. The SMILES string of the molecule is CC(C)[C@@H](C)NC(=O)COC(=O)c1cc(-c2ccccc2)nn1-c1ccccc1. The fourth-order valence-electron chi connectivity index (χ4n) is 2.71. The summed E-state index contributed by atoms with van der Waals surface area (Å²) in [5.74, 6) is -0.632. The summed E-state index contributed by atoms with van der Waals surface area (Å²) in [6.45, 7) is 5.61. The van der Waals surface area contributed by atoms with Crippen LogP contribution in [0.25, 0.3) is 16.9 Å². The number of amides is 1. The van der Waals surface area contributed by atoms with Crippen molar-refractivity contribution >= 4 is 11.9 Å². The van der Waals surface area contributed by atoms with E-state index in [1.807, 2.05) is 81.4 Å². The molecule has 3 rings (SSSR count). The Morgan fingerprint density at radius 3 is 2.24 bits per heavy atom. The lowest BCUT2D eigenvalue weighted by atomic mass is 10.1. The molecule has 0 aliphatic rings. The molecule has 0 bridgehead atoms. The summed E-state index contributed by atoms with van der Waals surface area (Å²) >= 11 is 0. The quantitative estimate of drug-likeness (QED) is 0.621. The van der Waals surface area contributed by atoms with Crippen molar-refractivity contribution in [2.45, 2.75) is 26.8 Å². The van der Waals surface area contributed by atoms with Crippen molar-refractivity contribution in [1.29, 1.82) is 0 Å². The zero-order valence-electron chi connectivity index (χ0n) is 16.8. The van der Waals surface area contributed by atoms with Crippen molar-refractivity contribution in [1.82, 2.24) is 15.1 Å². The van der Waals surface area contributed by atoms with E-state index < -0.39 is 5.97 Å². The van der Waals surface area contributed by atoms with Crippen LogP contribution in [0.5, 0.6) is 0 Å². The van der Waals surface area contributed by atoms with Crippen LogP contribution in [0.3, 0.4) is 0 Å². The van der Waals surface area contributed by atoms with E-state index in [0.29, 0.717) is 11.6 Å². The van der Waals surface area contributed by atoms with Gasteiger partial charge in [-0.1, -0.05) is 62.4 Å². The second-order valence-electron chi connectivity index (χ2n) is 7.20. The molecule has 29 heavy (non-hydrogen) atoms. The average Bonchev–Trinajstić information content (AvgIpc) is 3.19. The summed E-state index contributed by atoms with van der Waals surface area (Å²) < 4.78 is 6.81. The molecule has 0 aliphatic carbocycles. The summed E-state index contributed by atoms with van der Waals surface area (Å²) in [5, 5.41) is 7.41. The summed E-state index contributed by atoms with van der Waals surface area (Å²) in [7, 11) is 0. The van der Waals surface area contributed by atoms with Crippen LogP contribution in [0.1, 0.15) is 31.3 Å². The Labute approximate surface area is 170 Å². The molecule has 6 nitrogen and oxygen atoms in total. The van der Waals surface area contributed by atoms with Crippen LogP contribution in [0.15, 0.2) is 66.7 Å². The van der Waals surface area contributed by atoms with Crippen LogP contribution in [-0.4, -0.2) is 34.3 Å². The maximum Gasteiger partial charge on any atom is 0.357 e. The maximum atomic E-state index is 12.7. The van der Waals surface area contributed by atoms with Crippen molar-refractivity contribution < 1.29 is 14.3 Å². The van der Waals surface area contributed by atoms with E-state index in [2.05, 4.69) is 10.4 Å². The molecule has 0 radical (unpaired) electrons. The summed E-state index contributed by atoms with van der Waals surface area (Å²) in [6.07, 6.45) is 0. The number of nitrogens with zero attached hydrogens (tertiary/aromatic N) is 2. The van der Waals surface area contributed by atoms with Gasteiger partial charge in [-0.2, -0.15) is 5.10 Å². The molecular weight excluding hydrogens is 366 g/mol. The van der Waals surface area contributed by atoms with Gasteiger partial charge in [0.1, 0.15) is 0 Å². The molecule has 1 amide bonds. The van der Waals surface area contributed by atoms with Gasteiger partial charge in [0.15, 0.2) is 12.3 Å². The van der Waals surface area contributed by atoms with Crippen molar-refractivity contribution in [2.24, 2.45) is 5.92 Å². The van der Waals surface area contributed by atoms with Gasteiger partial charge in [-0.3, -0.25) is 4.79 Å². The first-order valence-electron chi connectivity index (χ1n) is 9.63. The molecule has 3 aromatic rings. The maximum absolute atomic E-state index is 12.7. The van der Waals surface area contributed by atoms with Gasteiger partial charge in [-0.25, -0.2) is 9.48 Å². The Morgan fingerprint density at radius 1 is 1.00 bits per heavy atom. The van der Waals surface area contributed by atoms with E-state index in [4.69, 9.17) is 4.74 Å². The molecule has 0 fully saturated rings. The van der Waals surface area contributed by atoms with E-state index in [1.165, 1.54) is 0 Å². The first-order chi connectivity index (χ1) is 14.0. The van der Waals surface area contributed by atoms with Crippen molar-refractivity contribution in [3.63, 3.8) is 0 Å². The fraction of sp³-hybridized carbons (Fsp3) is 0.261. The largest absolute Gasteiger partial charge is 0.451 e. The predicted octanol–water partition coefficient (Wildman–Crippen LogP) is 3.86. The average molecular weight is 391 g/mol. The second kappa shape index (κ2) is 9.19. The topological polar surface area (TPSA) is 73.2 Å². The smallest absolute Gasteiger partial charge is 0.357 e. The standard InChI is InChI=1S/C23H25N3O3/c1-16(2)17(3)24-22(27)15-29-23(28)21-14-20(18-10-6-4-7-11-18)25-26(21)19-12-8-5-9-13-19/h4-14,16-17H,15H2,1-3H3,(H,24,27)/t17-/m1/s1. The number of ether oxygens (including phenoxy) is 1. The molecule has 0 saturated carbocycles. The highest BCUT2D eigenvalue weighted by Crippen LogP contribution is 2.22. The van der Waals surface area contributed by atoms with Gasteiger partial charge in [-0.05, 0) is 31.0 Å². The third-order valence-electron chi connectivity index (χ3n) is 4.71. The van der Waals surface area contributed by atoms with E-state index in [-0.39, 0.29) is 24.2 Å². The molecule has 1 aromatic heterocycles. The Morgan fingerprint density at radius 2 is 1.62 bits per heavy atom. The van der Waals surface area contributed by atoms with Gasteiger partial charge in [0.25, 0.3) is 5.91 Å². The third-order valence-corrected chi connectivity index (χ3v) is 4.71. The number of aromatic nitrogens is 2. The van der Waals surface area contributed by atoms with Crippen molar-refractivity contribution in [3.05, 3.63) is 72.4 Å². The van der Waals surface area contributed by atoms with Crippen molar-refractivity contribution in [2.75, 3.05) is 6.61 Å². The van der Waals surface area contributed by atoms with E-state index >= 15 is 0 Å². The number of esters is 1. The zero-order valence-corrected chi connectivity index (χ0v) is 16.8. The van der Waals surface area contributed by atoms with Gasteiger partial charge in [-0.15, -0.1) is 0 Å². The summed E-state index contributed by atoms with van der Waals surface area (Å²) in [4.78, 5) is 24.8. The van der Waals surface area contributed by atoms with Crippen LogP contribution in [0, 0.1) is 5.92 Å². The first kappa shape index (κ1) is 20.3. The highest BCUT2D eigenvalue weighted by molar-refractivity contribution is 5.91. The number of benzene rings is 2. The number of nitrogens with one attached hydrogen (secondary N) is 1. The lowest BCUT2D eigenvalue weighted by molar-refractivity contribution is -0.125. The minimum absolute atomic E-state index is 0.000678. The molecule has 0 unspecified atom stereocenters. The van der Waals surface area contributed by atoms with Crippen molar-refractivity contribution in [3.8, 4) is 16.9 Å². The lowest BCUT2D eigenvalue weighted by Crippen LogP contribution is -2.38. The number of hydrogen-bond donors (Lipinski definition) is 1. The lowest BCUT2D eigenvalue weighted by Gasteiger charge is -2.17. The molecular formula is C23H25N3O3. The first-order valence-corrected chi connectivity index (χ1v) is 9.63. The predicted molar refractivity (Wildman–Crippen MR) is 112 cm³/mol. The number of rotatable bonds is 7. The molecule has 0 saturated heterocycles. The van der Waals surface area contributed by atoms with Crippen LogP contribution >= 0.6 is 0 Å². The summed E-state index contributed by atoms with van der Waals surface area (Å²) in [6, 6.07) is 20.6. The number of carbonyl (C=O) groups excluding carboxylic acids is 2. The monoisotopic (exact) mass is 391 g/mol. The molecule has 1 heterocycles. The second-order valence-corrected chi connectivity index (χ2v) is 7.20. The van der Waals surface area contributed by atoms with Gasteiger partial charge < -0.3 is 10.1 Å². The number of carbonyl (C=O) groups is 2. The third kappa shape index (κ3) is 5.10. The van der Waals surface area contributed by atoms with E-state index in [1.54, 1.807) is 10.7 Å². The Bertz CT molecular complexity index is 966. The van der Waals surface area contributed by atoms with Crippen LogP contribution in [0.4, 0.5) is 0 Å². The Hall–Kier alpha value is -3.41. The minimum atomic E-state index is -0.601. The minimum Gasteiger partial charge on any atom is -0.451 e. The molecule has 0 aliphatic heterocycles. The van der Waals surface area contributed by atoms with E-state index in [0.717, 1.165) is 11.3 Å². The highest BCUT2D eigenvalue weighted by Gasteiger charge is 2.20. The Kier molecular flexibility index (Phi) is 6.44.